The Labute approximate surface area is 54.0 Å². The van der Waals surface area contributed by atoms with Gasteiger partial charge in [0.1, 0.15) is 0 Å². The molecule has 1 rings (SSSR count). The first-order chi connectivity index (χ1) is 4.63. The molecule has 0 fully saturated rings. The lowest BCUT2D eigenvalue weighted by Crippen LogP contribution is -2.01. The highest BCUT2D eigenvalue weighted by molar-refractivity contribution is 5.44. The smallest absolute Gasteiger partial charge is 0.375 e. The van der Waals surface area contributed by atoms with E-state index in [9.17, 15) is 10.1 Å². The van der Waals surface area contributed by atoms with Gasteiger partial charge in [-0.3, -0.25) is 0 Å². The summed E-state index contributed by atoms with van der Waals surface area (Å²) in [6.45, 7) is 0. The summed E-state index contributed by atoms with van der Waals surface area (Å²) in [7, 11) is 0. The molecule has 0 radical (unpaired) electrons. The summed E-state index contributed by atoms with van der Waals surface area (Å²) in [5.41, 5.74) is 4.95. The Hall–Kier alpha value is -1.86. The van der Waals surface area contributed by atoms with Crippen LogP contribution in [-0.4, -0.2) is 25.3 Å². The van der Waals surface area contributed by atoms with Crippen LogP contribution in [0.1, 0.15) is 0 Å². The van der Waals surface area contributed by atoms with E-state index in [0.29, 0.717) is 0 Å². The number of hydrogen-bond donors (Lipinski definition) is 2. The molecule has 0 atom stereocenters. The number of aromatic nitrogens is 3. The molecule has 8 heteroatoms. The highest BCUT2D eigenvalue weighted by atomic mass is 16.6. The van der Waals surface area contributed by atoms with Crippen molar-refractivity contribution in [2.45, 2.75) is 0 Å². The molecule has 0 unspecified atom stereocenters. The van der Waals surface area contributed by atoms with Crippen molar-refractivity contribution in [2.75, 3.05) is 5.73 Å². The molecule has 1 aromatic heterocycles. The van der Waals surface area contributed by atoms with Gasteiger partial charge in [-0.15, -0.1) is 0 Å². The number of nitrogens with two attached hydrogens (primary N) is 1. The first kappa shape index (κ1) is 6.26. The van der Waals surface area contributed by atoms with Gasteiger partial charge in [0.05, 0.1) is 10.1 Å². The van der Waals surface area contributed by atoms with Crippen molar-refractivity contribution in [3.05, 3.63) is 10.1 Å². The van der Waals surface area contributed by atoms with Gasteiger partial charge in [-0.2, -0.15) is 0 Å². The van der Waals surface area contributed by atoms with E-state index in [2.05, 4.69) is 10.3 Å². The molecule has 8 nitrogen and oxygen atoms in total. The predicted octanol–water partition coefficient (Wildman–Crippen LogP) is -0.994. The van der Waals surface area contributed by atoms with Crippen LogP contribution in [0.15, 0.2) is 0 Å². The fraction of sp³-hybridized carbons (Fsp3) is 0. The fourth-order valence-corrected chi connectivity index (χ4v) is 0.447. The molecule has 0 aliphatic carbocycles. The number of rotatable bonds is 1. The summed E-state index contributed by atoms with van der Waals surface area (Å²) < 4.78 is 0. The Balaban J connectivity index is 3.23. The van der Waals surface area contributed by atoms with Crippen LogP contribution in [0.4, 0.5) is 11.6 Å². The van der Waals surface area contributed by atoms with Gasteiger partial charge in [-0.1, -0.05) is 5.10 Å². The summed E-state index contributed by atoms with van der Waals surface area (Å²) >= 11 is 0. The van der Waals surface area contributed by atoms with Crippen LogP contribution >= 0.6 is 0 Å². The van der Waals surface area contributed by atoms with E-state index >= 15 is 0 Å². The number of nitrogen functional groups attached to an aromatic ring is 1. The quantitative estimate of drug-likeness (QED) is 0.297. The van der Waals surface area contributed by atoms with E-state index in [1.165, 1.54) is 0 Å². The van der Waals surface area contributed by atoms with Crippen molar-refractivity contribution >= 4 is 11.6 Å². The van der Waals surface area contributed by atoms with Crippen LogP contribution in [0.25, 0.3) is 0 Å². The maximum atomic E-state index is 9.97. The van der Waals surface area contributed by atoms with E-state index in [0.717, 1.165) is 0 Å². The zero-order valence-corrected chi connectivity index (χ0v) is 4.63. The zero-order chi connectivity index (χ0) is 7.72. The van der Waals surface area contributed by atoms with Gasteiger partial charge >= 0.3 is 5.82 Å². The van der Waals surface area contributed by atoms with Crippen molar-refractivity contribution in [3.63, 3.8) is 0 Å². The largest absolute Gasteiger partial charge is 0.431 e. The number of hydrogen-bond acceptors (Lipinski definition) is 6. The average Bonchev–Trinajstić information content (AvgIpc) is 2.11. The van der Waals surface area contributed by atoms with E-state index in [1.54, 1.807) is 0 Å². The van der Waals surface area contributed by atoms with Crippen molar-refractivity contribution in [1.29, 1.82) is 0 Å². The molecular formula is C2H3N5O3. The third-order valence-corrected chi connectivity index (χ3v) is 0.829. The minimum absolute atomic E-state index is 0.00926. The molecule has 0 aliphatic heterocycles. The summed E-state index contributed by atoms with van der Waals surface area (Å²) in [5.74, 6) is -1.13. The second-order valence-corrected chi connectivity index (χ2v) is 1.44. The van der Waals surface area contributed by atoms with Crippen LogP contribution in [0.2, 0.25) is 0 Å². The Kier molecular flexibility index (Phi) is 1.14. The Morgan fingerprint density at radius 3 is 2.60 bits per heavy atom. The SMILES string of the molecule is Nc1nnn(O)c1[N+](=O)[O-]. The Morgan fingerprint density at radius 1 is 1.80 bits per heavy atom. The molecule has 3 N–H and O–H groups in total. The molecule has 1 aromatic rings. The maximum Gasteiger partial charge on any atom is 0.431 e. The maximum absolute atomic E-state index is 9.97. The predicted molar refractivity (Wildman–Crippen MR) is 28.3 cm³/mol. The van der Waals surface area contributed by atoms with Crippen LogP contribution < -0.4 is 5.73 Å². The topological polar surface area (TPSA) is 120 Å². The van der Waals surface area contributed by atoms with E-state index in [4.69, 9.17) is 10.9 Å². The summed E-state index contributed by atoms with van der Waals surface area (Å²) in [6, 6.07) is 0. The average molecular weight is 145 g/mol. The fourth-order valence-electron chi connectivity index (χ4n) is 0.447. The lowest BCUT2D eigenvalue weighted by atomic mass is 10.7. The first-order valence-corrected chi connectivity index (χ1v) is 2.17. The van der Waals surface area contributed by atoms with Gasteiger partial charge in [0.15, 0.2) is 0 Å². The highest BCUT2D eigenvalue weighted by Crippen LogP contribution is 2.14. The van der Waals surface area contributed by atoms with E-state index in [1.807, 2.05) is 0 Å². The summed E-state index contributed by atoms with van der Waals surface area (Å²) in [5, 5.41) is 24.4. The monoisotopic (exact) mass is 145 g/mol. The molecule has 0 saturated heterocycles. The molecule has 0 aromatic carbocycles. The van der Waals surface area contributed by atoms with Gasteiger partial charge in [0, 0.05) is 0 Å². The van der Waals surface area contributed by atoms with Crippen LogP contribution in [0.3, 0.4) is 0 Å². The molecule has 0 spiro atoms. The Bertz CT molecular complexity index is 246. The number of anilines is 1. The number of nitro groups is 1. The molecule has 0 saturated carbocycles. The standard InChI is InChI=1S/C2H3N5O3/c3-1-2(7(9)10)6(8)5-4-1/h8H,3H2. The second kappa shape index (κ2) is 1.83. The molecule has 0 amide bonds. The molecule has 54 valence electrons. The van der Waals surface area contributed by atoms with Gasteiger partial charge in [-0.25, -0.2) is 0 Å². The van der Waals surface area contributed by atoms with Crippen molar-refractivity contribution in [3.8, 4) is 0 Å². The minimum atomic E-state index is -0.880. The molecular weight excluding hydrogens is 142 g/mol. The lowest BCUT2D eigenvalue weighted by Gasteiger charge is -1.88. The van der Waals surface area contributed by atoms with Gasteiger partial charge < -0.3 is 21.1 Å². The number of nitrogens with zero attached hydrogens (tertiary/aromatic N) is 4. The van der Waals surface area contributed by atoms with Gasteiger partial charge in [0.2, 0.25) is 0 Å². The Morgan fingerprint density at radius 2 is 2.40 bits per heavy atom. The third-order valence-electron chi connectivity index (χ3n) is 0.829. The van der Waals surface area contributed by atoms with Crippen LogP contribution in [0.5, 0.6) is 0 Å². The third kappa shape index (κ3) is 0.708. The summed E-state index contributed by atoms with van der Waals surface area (Å²) in [4.78, 5) is 9.10. The minimum Gasteiger partial charge on any atom is -0.375 e. The zero-order valence-electron chi connectivity index (χ0n) is 4.63. The molecule has 0 aliphatic rings. The van der Waals surface area contributed by atoms with Gasteiger partial charge in [-0.05, 0) is 4.92 Å². The van der Waals surface area contributed by atoms with E-state index < -0.39 is 16.6 Å². The lowest BCUT2D eigenvalue weighted by molar-refractivity contribution is -0.396. The van der Waals surface area contributed by atoms with Crippen LogP contribution in [0, 0.1) is 10.1 Å². The normalized spacial score (nSPS) is 9.60. The van der Waals surface area contributed by atoms with E-state index in [-0.39, 0.29) is 4.85 Å². The molecule has 0 bridgehead atoms. The molecule has 1 heterocycles. The first-order valence-electron chi connectivity index (χ1n) is 2.17. The van der Waals surface area contributed by atoms with Crippen molar-refractivity contribution in [1.82, 2.24) is 15.2 Å². The van der Waals surface area contributed by atoms with Gasteiger partial charge in [0.25, 0.3) is 5.82 Å². The highest BCUT2D eigenvalue weighted by Gasteiger charge is 2.20. The van der Waals surface area contributed by atoms with Crippen molar-refractivity contribution in [2.24, 2.45) is 0 Å². The van der Waals surface area contributed by atoms with Crippen molar-refractivity contribution < 1.29 is 10.1 Å². The summed E-state index contributed by atoms with van der Waals surface area (Å²) in [6.07, 6.45) is 0. The molecule has 10 heavy (non-hydrogen) atoms. The van der Waals surface area contributed by atoms with Crippen LogP contribution in [-0.2, 0) is 0 Å². The second-order valence-electron chi connectivity index (χ2n) is 1.44.